The smallest absolute Gasteiger partial charge is 0.475 e. The molecule has 0 aliphatic carbocycles. The zero-order chi connectivity index (χ0) is 9.42. The Balaban J connectivity index is 2.09. The molecule has 0 bridgehead atoms. The third-order valence-electron chi connectivity index (χ3n) is 2.12. The Bertz CT molecular complexity index is 227. The Labute approximate surface area is 75.8 Å². The zero-order valence-corrected chi connectivity index (χ0v) is 7.71. The highest BCUT2D eigenvalue weighted by Crippen LogP contribution is 2.23. The molecule has 0 aromatic heterocycles. The molecular weight excluding hydrogens is 196 g/mol. The van der Waals surface area contributed by atoms with Gasteiger partial charge >= 0.3 is 9.17 Å². The SMILES string of the molecule is O=[Si]1OC2NC(CO)N(CO)C2O1. The summed E-state index contributed by atoms with van der Waals surface area (Å²) in [7, 11) is -2.44. The van der Waals surface area contributed by atoms with Crippen molar-refractivity contribution in [2.75, 3.05) is 13.3 Å². The first kappa shape index (κ1) is 9.03. The molecule has 0 aromatic rings. The van der Waals surface area contributed by atoms with Crippen molar-refractivity contribution in [2.24, 2.45) is 0 Å². The van der Waals surface area contributed by atoms with E-state index >= 15 is 0 Å². The van der Waals surface area contributed by atoms with Crippen molar-refractivity contribution in [2.45, 2.75) is 18.6 Å². The minimum Gasteiger partial charge on any atom is -0.475 e. The van der Waals surface area contributed by atoms with Gasteiger partial charge in [0.25, 0.3) is 0 Å². The molecule has 0 spiro atoms. The number of nitrogens with zero attached hydrogens (tertiary/aromatic N) is 1. The largest absolute Gasteiger partial charge is 0.770 e. The molecule has 0 radical (unpaired) electrons. The van der Waals surface area contributed by atoms with Gasteiger partial charge in [-0.05, 0) is 0 Å². The summed E-state index contributed by atoms with van der Waals surface area (Å²) in [6.07, 6.45) is -1.49. The molecule has 8 heteroatoms. The summed E-state index contributed by atoms with van der Waals surface area (Å²) in [5.74, 6) is 0. The molecule has 0 saturated carbocycles. The van der Waals surface area contributed by atoms with Crippen LogP contribution in [0.5, 0.6) is 0 Å². The predicted molar refractivity (Wildman–Crippen MR) is 39.1 cm³/mol. The topological polar surface area (TPSA) is 91.3 Å². The van der Waals surface area contributed by atoms with E-state index in [-0.39, 0.29) is 13.3 Å². The second kappa shape index (κ2) is 3.31. The van der Waals surface area contributed by atoms with Crippen LogP contribution in [0.3, 0.4) is 0 Å². The van der Waals surface area contributed by atoms with Gasteiger partial charge < -0.3 is 19.1 Å². The van der Waals surface area contributed by atoms with Crippen LogP contribution in [0.4, 0.5) is 0 Å². The molecule has 2 aliphatic heterocycles. The van der Waals surface area contributed by atoms with Crippen LogP contribution in [-0.4, -0.2) is 56.2 Å². The van der Waals surface area contributed by atoms with Crippen LogP contribution in [0.15, 0.2) is 0 Å². The van der Waals surface area contributed by atoms with Crippen molar-refractivity contribution in [1.29, 1.82) is 0 Å². The second-order valence-electron chi connectivity index (χ2n) is 2.82. The van der Waals surface area contributed by atoms with Gasteiger partial charge in [0.1, 0.15) is 6.73 Å². The van der Waals surface area contributed by atoms with E-state index in [4.69, 9.17) is 19.1 Å². The van der Waals surface area contributed by atoms with Crippen LogP contribution in [0.25, 0.3) is 0 Å². The normalized spacial score (nSPS) is 38.6. The zero-order valence-electron chi connectivity index (χ0n) is 6.71. The van der Waals surface area contributed by atoms with Crippen molar-refractivity contribution in [3.63, 3.8) is 0 Å². The van der Waals surface area contributed by atoms with Crippen molar-refractivity contribution >= 4 is 9.17 Å². The summed E-state index contributed by atoms with van der Waals surface area (Å²) in [5, 5.41) is 20.7. The molecule has 3 unspecified atom stereocenters. The van der Waals surface area contributed by atoms with Gasteiger partial charge in [-0.2, -0.15) is 0 Å². The summed E-state index contributed by atoms with van der Waals surface area (Å²) >= 11 is 0. The van der Waals surface area contributed by atoms with Gasteiger partial charge in [0.05, 0.1) is 12.8 Å². The first-order valence-corrected chi connectivity index (χ1v) is 5.09. The van der Waals surface area contributed by atoms with Gasteiger partial charge in [0, 0.05) is 0 Å². The summed E-state index contributed by atoms with van der Waals surface area (Å²) in [4.78, 5) is 1.44. The molecule has 74 valence electrons. The number of hydrogen-bond donors (Lipinski definition) is 3. The second-order valence-corrected chi connectivity index (χ2v) is 3.79. The number of aliphatic hydroxyl groups excluding tert-OH is 2. The fourth-order valence-corrected chi connectivity index (χ4v) is 2.41. The quantitative estimate of drug-likeness (QED) is 0.423. The molecule has 0 aromatic carbocycles. The molecule has 2 rings (SSSR count). The fraction of sp³-hybridized carbons (Fsp3) is 1.00. The Hall–Kier alpha value is -0.543. The number of nitrogens with one attached hydrogen (secondary N) is 1. The van der Waals surface area contributed by atoms with Crippen molar-refractivity contribution in [3.05, 3.63) is 0 Å². The summed E-state index contributed by atoms with van der Waals surface area (Å²) in [6.45, 7) is -0.445. The molecule has 0 amide bonds. The van der Waals surface area contributed by atoms with Crippen LogP contribution in [0.1, 0.15) is 0 Å². The molecule has 2 heterocycles. The van der Waals surface area contributed by atoms with Gasteiger partial charge in [0.15, 0.2) is 12.5 Å². The predicted octanol–water partition coefficient (Wildman–Crippen LogP) is -2.73. The summed E-state index contributed by atoms with van der Waals surface area (Å²) < 4.78 is 20.7. The van der Waals surface area contributed by atoms with Gasteiger partial charge in [-0.1, -0.05) is 0 Å². The van der Waals surface area contributed by atoms with Crippen molar-refractivity contribution in [3.8, 4) is 0 Å². The lowest BCUT2D eigenvalue weighted by Crippen LogP contribution is -2.43. The van der Waals surface area contributed by atoms with Crippen LogP contribution in [-0.2, 0) is 13.3 Å². The van der Waals surface area contributed by atoms with Gasteiger partial charge in [-0.3, -0.25) is 9.78 Å². The van der Waals surface area contributed by atoms with Crippen LogP contribution in [0.2, 0.25) is 0 Å². The van der Waals surface area contributed by atoms with Gasteiger partial charge in [-0.25, -0.2) is 4.90 Å². The Morgan fingerprint density at radius 2 is 2.23 bits per heavy atom. The van der Waals surface area contributed by atoms with Gasteiger partial charge in [0.2, 0.25) is 0 Å². The minimum atomic E-state index is -2.44. The van der Waals surface area contributed by atoms with E-state index in [0.717, 1.165) is 0 Å². The molecule has 13 heavy (non-hydrogen) atoms. The molecule has 3 N–H and O–H groups in total. The minimum absolute atomic E-state index is 0.165. The molecule has 2 aliphatic rings. The maximum Gasteiger partial charge on any atom is 0.770 e. The number of fused-ring (bicyclic) bond motifs is 1. The number of aliphatic hydroxyl groups is 2. The van der Waals surface area contributed by atoms with E-state index in [1.807, 2.05) is 0 Å². The number of rotatable bonds is 2. The number of hydrogen-bond acceptors (Lipinski definition) is 7. The summed E-state index contributed by atoms with van der Waals surface area (Å²) in [6, 6.07) is 0. The molecule has 2 fully saturated rings. The summed E-state index contributed by atoms with van der Waals surface area (Å²) in [5.41, 5.74) is 0. The molecule has 3 atom stereocenters. The maximum atomic E-state index is 10.8. The highest BCUT2D eigenvalue weighted by atomic mass is 28.3. The van der Waals surface area contributed by atoms with E-state index in [2.05, 4.69) is 5.32 Å². The van der Waals surface area contributed by atoms with Crippen LogP contribution >= 0.6 is 0 Å². The van der Waals surface area contributed by atoms with Crippen molar-refractivity contribution < 1.29 is 23.5 Å². The first-order chi connectivity index (χ1) is 6.26. The van der Waals surface area contributed by atoms with E-state index in [1.165, 1.54) is 4.90 Å². The van der Waals surface area contributed by atoms with E-state index in [9.17, 15) is 4.46 Å². The monoisotopic (exact) mass is 206 g/mol. The highest BCUT2D eigenvalue weighted by Gasteiger charge is 2.50. The van der Waals surface area contributed by atoms with E-state index in [1.54, 1.807) is 0 Å². The van der Waals surface area contributed by atoms with Crippen molar-refractivity contribution in [1.82, 2.24) is 10.2 Å². The van der Waals surface area contributed by atoms with Crippen LogP contribution < -0.4 is 5.32 Å². The molecular formula is C5H10N2O5Si. The average molecular weight is 206 g/mol. The Kier molecular flexibility index (Phi) is 2.30. The first-order valence-electron chi connectivity index (χ1n) is 3.87. The lowest BCUT2D eigenvalue weighted by Gasteiger charge is -2.22. The Morgan fingerprint density at radius 1 is 1.46 bits per heavy atom. The van der Waals surface area contributed by atoms with Crippen LogP contribution in [0, 0.1) is 0 Å². The van der Waals surface area contributed by atoms with Gasteiger partial charge in [-0.15, -0.1) is 0 Å². The Morgan fingerprint density at radius 3 is 2.85 bits per heavy atom. The lowest BCUT2D eigenvalue weighted by atomic mass is 10.5. The standard InChI is InChI=1S/C5H10N2O5Si/c8-1-3-6-4-5(7(3)2-9)12-13(10)11-4/h3-6,8-9H,1-2H2. The molecule has 7 nitrogen and oxygen atoms in total. The molecule has 2 saturated heterocycles. The average Bonchev–Trinajstić information content (AvgIpc) is 2.59. The van der Waals surface area contributed by atoms with E-state index in [0.29, 0.717) is 0 Å². The third-order valence-corrected chi connectivity index (χ3v) is 3.00. The highest BCUT2D eigenvalue weighted by molar-refractivity contribution is 6.27. The van der Waals surface area contributed by atoms with E-state index < -0.39 is 27.8 Å². The third kappa shape index (κ3) is 1.36. The lowest BCUT2D eigenvalue weighted by molar-refractivity contribution is -0.0338. The fourth-order valence-electron chi connectivity index (χ4n) is 1.51. The maximum absolute atomic E-state index is 10.8.